The molecular formula is C23H27N3O. The average Bonchev–Trinajstić information content (AvgIpc) is 2.69. The summed E-state index contributed by atoms with van der Waals surface area (Å²) in [4.78, 5) is 17.2. The van der Waals surface area contributed by atoms with Gasteiger partial charge in [0, 0.05) is 44.1 Å². The standard InChI is InChI=1S/C23H27N3O/c1-18-6-4-9-21(16-18)26-14-12-25(13-15-26)11-5-8-20-17-19-7-2-3-10-22(19)24-23(20)27/h2-10,16,20H,11-15,17H2,1H3,(H,24,27). The van der Waals surface area contributed by atoms with Crippen LogP contribution in [-0.4, -0.2) is 43.5 Å². The molecule has 4 rings (SSSR count). The number of carbonyl (C=O) groups is 1. The lowest BCUT2D eigenvalue weighted by Crippen LogP contribution is -2.46. The van der Waals surface area contributed by atoms with Crippen molar-refractivity contribution in [3.8, 4) is 0 Å². The third-order valence-electron chi connectivity index (χ3n) is 5.52. The van der Waals surface area contributed by atoms with E-state index < -0.39 is 0 Å². The van der Waals surface area contributed by atoms with Crippen LogP contribution in [0.3, 0.4) is 0 Å². The average molecular weight is 361 g/mol. The second-order valence-electron chi connectivity index (χ2n) is 7.51. The fourth-order valence-corrected chi connectivity index (χ4v) is 3.92. The van der Waals surface area contributed by atoms with E-state index in [0.29, 0.717) is 0 Å². The van der Waals surface area contributed by atoms with Crippen LogP contribution in [0.2, 0.25) is 0 Å². The Labute approximate surface area is 161 Å². The molecule has 1 unspecified atom stereocenters. The Morgan fingerprint density at radius 2 is 1.89 bits per heavy atom. The van der Waals surface area contributed by atoms with Crippen molar-refractivity contribution in [2.24, 2.45) is 5.92 Å². The molecule has 2 heterocycles. The van der Waals surface area contributed by atoms with Gasteiger partial charge in [0.1, 0.15) is 0 Å². The smallest absolute Gasteiger partial charge is 0.231 e. The zero-order chi connectivity index (χ0) is 18.6. The first-order chi connectivity index (χ1) is 13.2. The van der Waals surface area contributed by atoms with Crippen LogP contribution in [-0.2, 0) is 11.2 Å². The Kier molecular flexibility index (Phi) is 5.26. The number of hydrogen-bond donors (Lipinski definition) is 1. The Morgan fingerprint density at radius 3 is 2.70 bits per heavy atom. The van der Waals surface area contributed by atoms with Crippen LogP contribution in [0.25, 0.3) is 0 Å². The van der Waals surface area contributed by atoms with Crippen molar-refractivity contribution in [3.05, 3.63) is 71.8 Å². The Morgan fingerprint density at radius 1 is 1.07 bits per heavy atom. The van der Waals surface area contributed by atoms with E-state index in [4.69, 9.17) is 0 Å². The first kappa shape index (κ1) is 17.8. The molecular weight excluding hydrogens is 334 g/mol. The number of hydrogen-bond acceptors (Lipinski definition) is 3. The number of piperazine rings is 1. The number of nitrogens with zero attached hydrogens (tertiary/aromatic N) is 2. The van der Waals surface area contributed by atoms with E-state index in [2.05, 4.69) is 64.5 Å². The van der Waals surface area contributed by atoms with Crippen LogP contribution < -0.4 is 10.2 Å². The number of carbonyl (C=O) groups excluding carboxylic acids is 1. The molecule has 2 aromatic rings. The van der Waals surface area contributed by atoms with Crippen molar-refractivity contribution in [2.45, 2.75) is 13.3 Å². The lowest BCUT2D eigenvalue weighted by Gasteiger charge is -2.35. The van der Waals surface area contributed by atoms with E-state index >= 15 is 0 Å². The molecule has 140 valence electrons. The van der Waals surface area contributed by atoms with Gasteiger partial charge < -0.3 is 10.2 Å². The highest BCUT2D eigenvalue weighted by Gasteiger charge is 2.23. The lowest BCUT2D eigenvalue weighted by atomic mass is 9.93. The van der Waals surface area contributed by atoms with Gasteiger partial charge in [0.25, 0.3) is 0 Å². The summed E-state index contributed by atoms with van der Waals surface area (Å²) in [7, 11) is 0. The van der Waals surface area contributed by atoms with Gasteiger partial charge in [-0.3, -0.25) is 9.69 Å². The van der Waals surface area contributed by atoms with Gasteiger partial charge >= 0.3 is 0 Å². The van der Waals surface area contributed by atoms with E-state index in [1.807, 2.05) is 18.2 Å². The Balaban J connectivity index is 1.28. The molecule has 4 heteroatoms. The summed E-state index contributed by atoms with van der Waals surface area (Å²) in [6.45, 7) is 7.26. The van der Waals surface area contributed by atoms with Crippen molar-refractivity contribution in [2.75, 3.05) is 42.9 Å². The zero-order valence-corrected chi connectivity index (χ0v) is 15.9. The van der Waals surface area contributed by atoms with Gasteiger partial charge in [-0.2, -0.15) is 0 Å². The third-order valence-corrected chi connectivity index (χ3v) is 5.52. The van der Waals surface area contributed by atoms with Crippen molar-refractivity contribution in [1.29, 1.82) is 0 Å². The molecule has 2 aliphatic heterocycles. The van der Waals surface area contributed by atoms with Crippen molar-refractivity contribution in [3.63, 3.8) is 0 Å². The monoisotopic (exact) mass is 361 g/mol. The first-order valence-corrected chi connectivity index (χ1v) is 9.78. The Bertz CT molecular complexity index is 837. The molecule has 2 aliphatic rings. The molecule has 1 fully saturated rings. The van der Waals surface area contributed by atoms with Crippen molar-refractivity contribution >= 4 is 17.3 Å². The van der Waals surface area contributed by atoms with E-state index in [9.17, 15) is 4.79 Å². The molecule has 1 saturated heterocycles. The molecule has 1 atom stereocenters. The van der Waals surface area contributed by atoms with Crippen LogP contribution in [0.4, 0.5) is 11.4 Å². The summed E-state index contributed by atoms with van der Waals surface area (Å²) >= 11 is 0. The molecule has 1 N–H and O–H groups in total. The van der Waals surface area contributed by atoms with E-state index in [1.54, 1.807) is 0 Å². The normalized spacial score (nSPS) is 20.6. The molecule has 0 bridgehead atoms. The predicted octanol–water partition coefficient (Wildman–Crippen LogP) is 3.48. The van der Waals surface area contributed by atoms with Crippen molar-refractivity contribution < 1.29 is 4.79 Å². The highest BCUT2D eigenvalue weighted by Crippen LogP contribution is 2.25. The maximum Gasteiger partial charge on any atom is 0.231 e. The van der Waals surface area contributed by atoms with Gasteiger partial charge in [-0.1, -0.05) is 42.5 Å². The van der Waals surface area contributed by atoms with Gasteiger partial charge in [-0.15, -0.1) is 0 Å². The fraction of sp³-hybridized carbons (Fsp3) is 0.348. The molecule has 0 spiro atoms. The highest BCUT2D eigenvalue weighted by atomic mass is 16.1. The van der Waals surface area contributed by atoms with Crippen LogP contribution in [0.15, 0.2) is 60.7 Å². The minimum atomic E-state index is -0.0616. The molecule has 0 radical (unpaired) electrons. The number of para-hydroxylation sites is 1. The quantitative estimate of drug-likeness (QED) is 0.847. The summed E-state index contributed by atoms with van der Waals surface area (Å²) in [6, 6.07) is 16.8. The van der Waals surface area contributed by atoms with Crippen LogP contribution in [0, 0.1) is 12.8 Å². The minimum absolute atomic E-state index is 0.0616. The fourth-order valence-electron chi connectivity index (χ4n) is 3.92. The molecule has 27 heavy (non-hydrogen) atoms. The molecule has 0 saturated carbocycles. The van der Waals surface area contributed by atoms with Gasteiger partial charge in [0.2, 0.25) is 5.91 Å². The summed E-state index contributed by atoms with van der Waals surface area (Å²) in [6.07, 6.45) is 5.04. The van der Waals surface area contributed by atoms with E-state index in [1.165, 1.54) is 16.8 Å². The first-order valence-electron chi connectivity index (χ1n) is 9.78. The van der Waals surface area contributed by atoms with Crippen LogP contribution in [0.5, 0.6) is 0 Å². The second kappa shape index (κ2) is 7.97. The van der Waals surface area contributed by atoms with Gasteiger partial charge in [0.05, 0.1) is 5.92 Å². The highest BCUT2D eigenvalue weighted by molar-refractivity contribution is 5.96. The molecule has 0 aliphatic carbocycles. The van der Waals surface area contributed by atoms with Crippen LogP contribution >= 0.6 is 0 Å². The maximum absolute atomic E-state index is 12.3. The molecule has 1 amide bonds. The number of rotatable bonds is 4. The molecule has 0 aromatic heterocycles. The summed E-state index contributed by atoms with van der Waals surface area (Å²) in [5.41, 5.74) is 4.81. The summed E-state index contributed by atoms with van der Waals surface area (Å²) in [5.74, 6) is 0.0442. The van der Waals surface area contributed by atoms with Gasteiger partial charge in [-0.05, 0) is 42.7 Å². The number of amides is 1. The van der Waals surface area contributed by atoms with Gasteiger partial charge in [-0.25, -0.2) is 0 Å². The number of anilines is 2. The minimum Gasteiger partial charge on any atom is -0.369 e. The Hall–Kier alpha value is -2.59. The predicted molar refractivity (Wildman–Crippen MR) is 111 cm³/mol. The summed E-state index contributed by atoms with van der Waals surface area (Å²) in [5, 5.41) is 3.02. The SMILES string of the molecule is Cc1cccc(N2CCN(CC=CC3Cc4ccccc4NC3=O)CC2)c1. The van der Waals surface area contributed by atoms with Crippen LogP contribution in [0.1, 0.15) is 11.1 Å². The number of aryl methyl sites for hydroxylation is 1. The topological polar surface area (TPSA) is 35.6 Å². The molecule has 2 aromatic carbocycles. The number of fused-ring (bicyclic) bond motifs is 1. The maximum atomic E-state index is 12.3. The number of nitrogens with one attached hydrogen (secondary N) is 1. The zero-order valence-electron chi connectivity index (χ0n) is 15.9. The lowest BCUT2D eigenvalue weighted by molar-refractivity contribution is -0.118. The van der Waals surface area contributed by atoms with E-state index in [0.717, 1.165) is 44.8 Å². The van der Waals surface area contributed by atoms with Crippen molar-refractivity contribution in [1.82, 2.24) is 4.90 Å². The van der Waals surface area contributed by atoms with Gasteiger partial charge in [0.15, 0.2) is 0 Å². The number of benzene rings is 2. The third kappa shape index (κ3) is 4.22. The molecule has 4 nitrogen and oxygen atoms in total. The largest absolute Gasteiger partial charge is 0.369 e. The summed E-state index contributed by atoms with van der Waals surface area (Å²) < 4.78 is 0. The second-order valence-corrected chi connectivity index (χ2v) is 7.51. The van der Waals surface area contributed by atoms with E-state index in [-0.39, 0.29) is 11.8 Å².